The van der Waals surface area contributed by atoms with Crippen LogP contribution in [0, 0.1) is 0 Å². The van der Waals surface area contributed by atoms with Crippen molar-refractivity contribution in [2.45, 2.75) is 24.5 Å². The number of nitrogens with zero attached hydrogens (tertiary/aromatic N) is 1. The van der Waals surface area contributed by atoms with E-state index < -0.39 is 10.0 Å². The first-order valence-corrected chi connectivity index (χ1v) is 6.19. The van der Waals surface area contributed by atoms with Crippen LogP contribution in [0.15, 0.2) is 12.5 Å². The molecule has 0 spiro atoms. The summed E-state index contributed by atoms with van der Waals surface area (Å²) in [7, 11) is -3.02. The number of imidazole rings is 1. The summed E-state index contributed by atoms with van der Waals surface area (Å²) in [6.45, 7) is 0.445. The van der Waals surface area contributed by atoms with Crippen LogP contribution in [0.2, 0.25) is 0 Å². The lowest BCUT2D eigenvalue weighted by atomic mass is 10.3. The van der Waals surface area contributed by atoms with Crippen molar-refractivity contribution in [3.05, 3.63) is 18.2 Å². The Morgan fingerprint density at radius 2 is 2.36 bits per heavy atom. The zero-order chi connectivity index (χ0) is 10.0. The Morgan fingerprint density at radius 3 is 2.93 bits per heavy atom. The first kappa shape index (κ1) is 9.67. The molecule has 78 valence electrons. The van der Waals surface area contributed by atoms with Gasteiger partial charge in [0.05, 0.1) is 11.6 Å². The zero-order valence-electron chi connectivity index (χ0n) is 7.73. The average molecular weight is 215 g/mol. The molecule has 14 heavy (non-hydrogen) atoms. The molecule has 0 amide bonds. The standard InChI is InChI=1S/C8H13N3O2S/c12-14(13,8-1-2-8)11-4-3-7-5-9-6-10-7/h5-6,8,11H,1-4H2,(H,9,10). The number of nitrogens with one attached hydrogen (secondary N) is 2. The third-order valence-corrected chi connectivity index (χ3v) is 4.17. The highest BCUT2D eigenvalue weighted by Gasteiger charge is 2.35. The second-order valence-corrected chi connectivity index (χ2v) is 5.51. The minimum Gasteiger partial charge on any atom is -0.348 e. The van der Waals surface area contributed by atoms with Gasteiger partial charge in [-0.25, -0.2) is 18.1 Å². The maximum Gasteiger partial charge on any atom is 0.214 e. The number of hydrogen-bond donors (Lipinski definition) is 2. The lowest BCUT2D eigenvalue weighted by Gasteiger charge is -2.03. The Kier molecular flexibility index (Phi) is 2.56. The number of H-pyrrole nitrogens is 1. The quantitative estimate of drug-likeness (QED) is 0.728. The molecular formula is C8H13N3O2S. The van der Waals surface area contributed by atoms with E-state index >= 15 is 0 Å². The Labute approximate surface area is 83.0 Å². The fraction of sp³-hybridized carbons (Fsp3) is 0.625. The third-order valence-electron chi connectivity index (χ3n) is 2.22. The van der Waals surface area contributed by atoms with Crippen LogP contribution in [0.4, 0.5) is 0 Å². The molecule has 5 nitrogen and oxygen atoms in total. The number of hydrogen-bond acceptors (Lipinski definition) is 3. The van der Waals surface area contributed by atoms with E-state index in [-0.39, 0.29) is 5.25 Å². The van der Waals surface area contributed by atoms with Crippen molar-refractivity contribution in [2.24, 2.45) is 0 Å². The van der Waals surface area contributed by atoms with Gasteiger partial charge in [-0.2, -0.15) is 0 Å². The SMILES string of the molecule is O=S(=O)(NCCc1cnc[nH]1)C1CC1. The summed E-state index contributed by atoms with van der Waals surface area (Å²) in [5.41, 5.74) is 0.948. The molecular weight excluding hydrogens is 202 g/mol. The number of aromatic amines is 1. The van der Waals surface area contributed by atoms with Crippen molar-refractivity contribution >= 4 is 10.0 Å². The Bertz CT molecular complexity index is 381. The van der Waals surface area contributed by atoms with Crippen LogP contribution in [-0.4, -0.2) is 30.2 Å². The van der Waals surface area contributed by atoms with Gasteiger partial charge in [0.1, 0.15) is 0 Å². The van der Waals surface area contributed by atoms with Crippen molar-refractivity contribution in [3.8, 4) is 0 Å². The zero-order valence-corrected chi connectivity index (χ0v) is 8.55. The molecule has 0 atom stereocenters. The van der Waals surface area contributed by atoms with Crippen molar-refractivity contribution in [1.29, 1.82) is 0 Å². The molecule has 0 unspecified atom stereocenters. The minimum absolute atomic E-state index is 0.135. The van der Waals surface area contributed by atoms with Crippen molar-refractivity contribution in [1.82, 2.24) is 14.7 Å². The van der Waals surface area contributed by atoms with Gasteiger partial charge in [-0.05, 0) is 12.8 Å². The first-order chi connectivity index (χ1) is 6.68. The number of rotatable bonds is 5. The third kappa shape index (κ3) is 2.33. The van der Waals surface area contributed by atoms with E-state index in [0.717, 1.165) is 18.5 Å². The highest BCUT2D eigenvalue weighted by Crippen LogP contribution is 2.27. The van der Waals surface area contributed by atoms with Gasteiger partial charge in [-0.15, -0.1) is 0 Å². The molecule has 1 aliphatic rings. The van der Waals surface area contributed by atoms with Crippen LogP contribution in [0.1, 0.15) is 18.5 Å². The molecule has 1 aromatic heterocycles. The van der Waals surface area contributed by atoms with E-state index in [1.165, 1.54) is 0 Å². The largest absolute Gasteiger partial charge is 0.348 e. The molecule has 1 saturated carbocycles. The van der Waals surface area contributed by atoms with E-state index in [9.17, 15) is 8.42 Å². The van der Waals surface area contributed by atoms with Crippen molar-refractivity contribution in [2.75, 3.05) is 6.54 Å². The average Bonchev–Trinajstić information content (AvgIpc) is 2.87. The van der Waals surface area contributed by atoms with Crippen molar-refractivity contribution in [3.63, 3.8) is 0 Å². The second-order valence-electron chi connectivity index (χ2n) is 3.47. The summed E-state index contributed by atoms with van der Waals surface area (Å²) in [4.78, 5) is 6.77. The van der Waals surface area contributed by atoms with Crippen LogP contribution < -0.4 is 4.72 Å². The molecule has 1 aromatic rings. The lowest BCUT2D eigenvalue weighted by molar-refractivity contribution is 0.580. The predicted octanol–water partition coefficient (Wildman–Crippen LogP) is 0.0340. The van der Waals surface area contributed by atoms with Gasteiger partial charge in [-0.3, -0.25) is 0 Å². The topological polar surface area (TPSA) is 74.8 Å². The van der Waals surface area contributed by atoms with E-state index in [4.69, 9.17) is 0 Å². The molecule has 1 heterocycles. The minimum atomic E-state index is -3.02. The molecule has 0 radical (unpaired) electrons. The molecule has 1 aliphatic carbocycles. The van der Waals surface area contributed by atoms with Crippen molar-refractivity contribution < 1.29 is 8.42 Å². The molecule has 2 N–H and O–H groups in total. The lowest BCUT2D eigenvalue weighted by Crippen LogP contribution is -2.29. The van der Waals surface area contributed by atoms with Gasteiger partial charge in [0, 0.05) is 24.9 Å². The van der Waals surface area contributed by atoms with E-state index in [1.54, 1.807) is 12.5 Å². The fourth-order valence-electron chi connectivity index (χ4n) is 1.25. The highest BCUT2D eigenvalue weighted by atomic mass is 32.2. The molecule has 1 fully saturated rings. The van der Waals surface area contributed by atoms with Gasteiger partial charge < -0.3 is 4.98 Å². The first-order valence-electron chi connectivity index (χ1n) is 4.64. The second kappa shape index (κ2) is 3.70. The smallest absolute Gasteiger partial charge is 0.214 e. The molecule has 0 aliphatic heterocycles. The number of aromatic nitrogens is 2. The van der Waals surface area contributed by atoms with Crippen LogP contribution in [0.5, 0.6) is 0 Å². The fourth-order valence-corrected chi connectivity index (χ4v) is 2.62. The Morgan fingerprint density at radius 1 is 1.57 bits per heavy atom. The van der Waals surface area contributed by atoms with E-state index in [1.807, 2.05) is 0 Å². The number of sulfonamides is 1. The monoisotopic (exact) mass is 215 g/mol. The van der Waals surface area contributed by atoms with Crippen LogP contribution in [-0.2, 0) is 16.4 Å². The maximum atomic E-state index is 11.4. The van der Waals surface area contributed by atoms with Gasteiger partial charge in [0.25, 0.3) is 0 Å². The van der Waals surface area contributed by atoms with Crippen LogP contribution >= 0.6 is 0 Å². The summed E-state index contributed by atoms with van der Waals surface area (Å²) in [5.74, 6) is 0. The predicted molar refractivity (Wildman–Crippen MR) is 52.2 cm³/mol. The molecule has 0 bridgehead atoms. The summed E-state index contributed by atoms with van der Waals surface area (Å²) >= 11 is 0. The molecule has 0 aromatic carbocycles. The van der Waals surface area contributed by atoms with Crippen LogP contribution in [0.25, 0.3) is 0 Å². The summed E-state index contributed by atoms with van der Waals surface area (Å²) in [5, 5.41) is -0.135. The Hall–Kier alpha value is -0.880. The van der Waals surface area contributed by atoms with Gasteiger partial charge in [-0.1, -0.05) is 0 Å². The summed E-state index contributed by atoms with van der Waals surface area (Å²) in [6.07, 6.45) is 5.56. The summed E-state index contributed by atoms with van der Waals surface area (Å²) < 4.78 is 25.4. The van der Waals surface area contributed by atoms with E-state index in [2.05, 4.69) is 14.7 Å². The normalized spacial score (nSPS) is 17.1. The van der Waals surface area contributed by atoms with Gasteiger partial charge in [0.2, 0.25) is 10.0 Å². The van der Waals surface area contributed by atoms with Gasteiger partial charge in [0.15, 0.2) is 0 Å². The Balaban J connectivity index is 1.78. The molecule has 6 heteroatoms. The van der Waals surface area contributed by atoms with E-state index in [0.29, 0.717) is 13.0 Å². The summed E-state index contributed by atoms with van der Waals surface area (Å²) in [6, 6.07) is 0. The molecule has 0 saturated heterocycles. The molecule has 2 rings (SSSR count). The highest BCUT2D eigenvalue weighted by molar-refractivity contribution is 7.90. The van der Waals surface area contributed by atoms with Crippen LogP contribution in [0.3, 0.4) is 0 Å². The van der Waals surface area contributed by atoms with Gasteiger partial charge >= 0.3 is 0 Å². The maximum absolute atomic E-state index is 11.4.